The van der Waals surface area contributed by atoms with Crippen molar-refractivity contribution in [1.29, 1.82) is 0 Å². The molecular weight excluding hydrogens is 244 g/mol. The monoisotopic (exact) mass is 262 g/mol. The fraction of sp³-hybridized carbons (Fsp3) is 0.158. The summed E-state index contributed by atoms with van der Waals surface area (Å²) >= 11 is 0. The molecule has 0 radical (unpaired) electrons. The second-order valence-electron chi connectivity index (χ2n) is 5.37. The third-order valence-electron chi connectivity index (χ3n) is 3.81. The Hall–Kier alpha value is -2.12. The van der Waals surface area contributed by atoms with E-state index in [0.29, 0.717) is 0 Å². The second kappa shape index (κ2) is 5.10. The lowest BCUT2D eigenvalue weighted by Crippen LogP contribution is -2.02. The molecule has 0 bridgehead atoms. The van der Waals surface area contributed by atoms with Gasteiger partial charge in [-0.25, -0.2) is 0 Å². The molecule has 3 aromatic rings. The molecule has 3 rings (SSSR count). The first-order chi connectivity index (χ1) is 9.65. The van der Waals surface area contributed by atoms with Crippen molar-refractivity contribution in [2.75, 3.05) is 0 Å². The van der Waals surface area contributed by atoms with Gasteiger partial charge in [-0.1, -0.05) is 60.2 Å². The molecule has 0 saturated carbocycles. The fourth-order valence-corrected chi connectivity index (χ4v) is 2.69. The minimum absolute atomic E-state index is 0.569. The molecule has 0 aliphatic rings. The van der Waals surface area contributed by atoms with Gasteiger partial charge < -0.3 is 5.11 Å². The van der Waals surface area contributed by atoms with Crippen LogP contribution in [-0.2, 0) is 0 Å². The van der Waals surface area contributed by atoms with Gasteiger partial charge in [-0.3, -0.25) is 0 Å². The van der Waals surface area contributed by atoms with Crippen molar-refractivity contribution in [2.45, 2.75) is 20.0 Å². The first kappa shape index (κ1) is 12.9. The zero-order chi connectivity index (χ0) is 14.1. The van der Waals surface area contributed by atoms with Crippen LogP contribution in [-0.4, -0.2) is 5.11 Å². The maximum atomic E-state index is 10.6. The van der Waals surface area contributed by atoms with Crippen LogP contribution in [0.4, 0.5) is 0 Å². The fourth-order valence-electron chi connectivity index (χ4n) is 2.69. The summed E-state index contributed by atoms with van der Waals surface area (Å²) in [6.45, 7) is 4.12. The number of fused-ring (bicyclic) bond motifs is 1. The average Bonchev–Trinajstić information content (AvgIpc) is 2.46. The van der Waals surface area contributed by atoms with Crippen LogP contribution in [0.15, 0.2) is 60.7 Å². The van der Waals surface area contributed by atoms with Gasteiger partial charge in [-0.2, -0.15) is 0 Å². The Bertz CT molecular complexity index is 759. The zero-order valence-electron chi connectivity index (χ0n) is 11.8. The summed E-state index contributed by atoms with van der Waals surface area (Å²) in [5.41, 5.74) is 4.27. The molecular formula is C19H18O. The highest BCUT2D eigenvalue weighted by Gasteiger charge is 2.13. The maximum Gasteiger partial charge on any atom is 0.104 e. The van der Waals surface area contributed by atoms with Gasteiger partial charge in [0.05, 0.1) is 0 Å². The molecule has 3 aromatic carbocycles. The molecule has 1 N–H and O–H groups in total. The van der Waals surface area contributed by atoms with Crippen molar-refractivity contribution < 1.29 is 5.11 Å². The van der Waals surface area contributed by atoms with Gasteiger partial charge >= 0.3 is 0 Å². The average molecular weight is 262 g/mol. The normalized spacial score (nSPS) is 12.6. The van der Waals surface area contributed by atoms with E-state index < -0.39 is 6.10 Å². The van der Waals surface area contributed by atoms with Crippen LogP contribution in [0, 0.1) is 13.8 Å². The van der Waals surface area contributed by atoms with E-state index in [1.165, 1.54) is 10.9 Å². The van der Waals surface area contributed by atoms with Crippen molar-refractivity contribution in [2.24, 2.45) is 0 Å². The predicted octanol–water partition coefficient (Wildman–Crippen LogP) is 4.54. The Morgan fingerprint density at radius 1 is 0.800 bits per heavy atom. The topological polar surface area (TPSA) is 20.2 Å². The van der Waals surface area contributed by atoms with Gasteiger partial charge in [-0.05, 0) is 47.4 Å². The molecule has 1 unspecified atom stereocenters. The Morgan fingerprint density at radius 2 is 1.55 bits per heavy atom. The van der Waals surface area contributed by atoms with Crippen molar-refractivity contribution in [3.63, 3.8) is 0 Å². The van der Waals surface area contributed by atoms with Gasteiger partial charge in [0.15, 0.2) is 0 Å². The Kier molecular flexibility index (Phi) is 3.29. The second-order valence-corrected chi connectivity index (χ2v) is 5.37. The number of hydrogen-bond donors (Lipinski definition) is 1. The minimum atomic E-state index is -0.569. The lowest BCUT2D eigenvalue weighted by molar-refractivity contribution is 0.219. The van der Waals surface area contributed by atoms with Crippen LogP contribution in [0.1, 0.15) is 28.4 Å². The third-order valence-corrected chi connectivity index (χ3v) is 3.81. The molecule has 0 spiro atoms. The summed E-state index contributed by atoms with van der Waals surface area (Å²) in [5.74, 6) is 0. The van der Waals surface area contributed by atoms with Crippen molar-refractivity contribution >= 4 is 10.8 Å². The first-order valence-corrected chi connectivity index (χ1v) is 6.89. The van der Waals surface area contributed by atoms with Crippen LogP contribution in [0.3, 0.4) is 0 Å². The van der Waals surface area contributed by atoms with Gasteiger partial charge in [0.2, 0.25) is 0 Å². The molecule has 0 amide bonds. The molecule has 1 nitrogen and oxygen atoms in total. The summed E-state index contributed by atoms with van der Waals surface area (Å²) in [5, 5.41) is 13.0. The van der Waals surface area contributed by atoms with E-state index in [4.69, 9.17) is 0 Å². The van der Waals surface area contributed by atoms with Crippen LogP contribution < -0.4 is 0 Å². The molecule has 0 fully saturated rings. The van der Waals surface area contributed by atoms with E-state index in [1.54, 1.807) is 0 Å². The van der Waals surface area contributed by atoms with E-state index >= 15 is 0 Å². The van der Waals surface area contributed by atoms with Crippen LogP contribution in [0.2, 0.25) is 0 Å². The number of hydrogen-bond acceptors (Lipinski definition) is 1. The van der Waals surface area contributed by atoms with Gasteiger partial charge in [0, 0.05) is 0 Å². The molecule has 20 heavy (non-hydrogen) atoms. The van der Waals surface area contributed by atoms with E-state index in [0.717, 1.165) is 22.1 Å². The summed E-state index contributed by atoms with van der Waals surface area (Å²) in [6, 6.07) is 20.5. The van der Waals surface area contributed by atoms with Gasteiger partial charge in [-0.15, -0.1) is 0 Å². The Morgan fingerprint density at radius 3 is 2.30 bits per heavy atom. The predicted molar refractivity (Wildman–Crippen MR) is 83.9 cm³/mol. The lowest BCUT2D eigenvalue weighted by Gasteiger charge is -2.15. The number of rotatable bonds is 2. The SMILES string of the molecule is Cc1ccc(C(O)c2ccc3ccccc3c2)c(C)c1. The van der Waals surface area contributed by atoms with E-state index in [9.17, 15) is 5.11 Å². The van der Waals surface area contributed by atoms with Crippen LogP contribution in [0.25, 0.3) is 10.8 Å². The van der Waals surface area contributed by atoms with Crippen LogP contribution >= 0.6 is 0 Å². The smallest absolute Gasteiger partial charge is 0.104 e. The molecule has 1 atom stereocenters. The molecule has 0 saturated heterocycles. The van der Waals surface area contributed by atoms with Gasteiger partial charge in [0.1, 0.15) is 6.10 Å². The van der Waals surface area contributed by atoms with Crippen molar-refractivity contribution in [3.05, 3.63) is 82.9 Å². The number of aliphatic hydroxyl groups excluding tert-OH is 1. The molecule has 1 heteroatoms. The van der Waals surface area contributed by atoms with Gasteiger partial charge in [0.25, 0.3) is 0 Å². The van der Waals surface area contributed by atoms with E-state index in [-0.39, 0.29) is 0 Å². The van der Waals surface area contributed by atoms with E-state index in [2.05, 4.69) is 37.3 Å². The first-order valence-electron chi connectivity index (χ1n) is 6.89. The maximum absolute atomic E-state index is 10.6. The third kappa shape index (κ3) is 2.33. The molecule has 0 aliphatic carbocycles. The molecule has 0 aromatic heterocycles. The highest BCUT2D eigenvalue weighted by molar-refractivity contribution is 5.83. The Labute approximate surface area is 119 Å². The Balaban J connectivity index is 2.05. The number of aryl methyl sites for hydroxylation is 2. The van der Waals surface area contributed by atoms with Crippen LogP contribution in [0.5, 0.6) is 0 Å². The quantitative estimate of drug-likeness (QED) is 0.719. The molecule has 0 heterocycles. The standard InChI is InChI=1S/C19H18O/c1-13-7-10-18(14(2)11-13)19(20)17-9-8-15-5-3-4-6-16(15)12-17/h3-12,19-20H,1-2H3. The minimum Gasteiger partial charge on any atom is -0.384 e. The lowest BCUT2D eigenvalue weighted by atomic mass is 9.95. The summed E-state index contributed by atoms with van der Waals surface area (Å²) in [4.78, 5) is 0. The van der Waals surface area contributed by atoms with Crippen molar-refractivity contribution in [3.8, 4) is 0 Å². The van der Waals surface area contributed by atoms with Crippen molar-refractivity contribution in [1.82, 2.24) is 0 Å². The molecule has 100 valence electrons. The number of aliphatic hydroxyl groups is 1. The summed E-state index contributed by atoms with van der Waals surface area (Å²) < 4.78 is 0. The number of benzene rings is 3. The highest BCUT2D eigenvalue weighted by atomic mass is 16.3. The largest absolute Gasteiger partial charge is 0.384 e. The highest BCUT2D eigenvalue weighted by Crippen LogP contribution is 2.27. The summed E-state index contributed by atoms with van der Waals surface area (Å²) in [7, 11) is 0. The molecule has 0 aliphatic heterocycles. The van der Waals surface area contributed by atoms with E-state index in [1.807, 2.05) is 37.3 Å². The zero-order valence-corrected chi connectivity index (χ0v) is 11.8. The summed E-state index contributed by atoms with van der Waals surface area (Å²) in [6.07, 6.45) is -0.569.